The summed E-state index contributed by atoms with van der Waals surface area (Å²) in [5, 5.41) is 13.3. The molecule has 0 saturated heterocycles. The van der Waals surface area contributed by atoms with Gasteiger partial charge in [0.05, 0.1) is 15.5 Å². The van der Waals surface area contributed by atoms with E-state index < -0.39 is 22.8 Å². The summed E-state index contributed by atoms with van der Waals surface area (Å²) < 4.78 is 5.36. The number of rotatable bonds is 6. The molecule has 0 aliphatic heterocycles. The van der Waals surface area contributed by atoms with E-state index in [4.69, 9.17) is 16.3 Å². The molecule has 0 aliphatic carbocycles. The highest BCUT2D eigenvalue weighted by atomic mass is 35.5. The number of carbonyl (C=O) groups is 2. The van der Waals surface area contributed by atoms with Gasteiger partial charge in [-0.1, -0.05) is 37.6 Å². The van der Waals surface area contributed by atoms with Crippen molar-refractivity contribution in [3.8, 4) is 5.75 Å². The van der Waals surface area contributed by atoms with Gasteiger partial charge in [-0.05, 0) is 36.6 Å². The number of benzene rings is 2. The topological polar surface area (TPSA) is 98.5 Å². The second kappa shape index (κ2) is 8.64. The van der Waals surface area contributed by atoms with Gasteiger partial charge in [-0.25, -0.2) is 4.79 Å². The lowest BCUT2D eigenvalue weighted by molar-refractivity contribution is -0.384. The molecule has 0 heterocycles. The van der Waals surface area contributed by atoms with Gasteiger partial charge in [0, 0.05) is 12.1 Å². The van der Waals surface area contributed by atoms with E-state index in [1.807, 2.05) is 13.0 Å². The third-order valence-corrected chi connectivity index (χ3v) is 4.14. The standard InChI is InChI=1S/C19H19ClN2O5/c1-11(2)17(19(24)27-14-6-4-5-12(3)9-14)21-18(23)15-8-7-13(22(25)26)10-16(15)20/h4-11,17H,1-3H3,(H,21,23). The second-order valence-electron chi connectivity index (χ2n) is 6.35. The zero-order chi connectivity index (χ0) is 20.1. The number of esters is 1. The molecule has 0 aromatic heterocycles. The first-order valence-electron chi connectivity index (χ1n) is 8.22. The zero-order valence-corrected chi connectivity index (χ0v) is 15.8. The maximum absolute atomic E-state index is 12.5. The number of nitrogens with zero attached hydrogens (tertiary/aromatic N) is 1. The Hall–Kier alpha value is -2.93. The number of aryl methyl sites for hydroxylation is 1. The van der Waals surface area contributed by atoms with E-state index in [-0.39, 0.29) is 22.2 Å². The Morgan fingerprint density at radius 2 is 1.89 bits per heavy atom. The van der Waals surface area contributed by atoms with Crippen LogP contribution in [0.25, 0.3) is 0 Å². The second-order valence-corrected chi connectivity index (χ2v) is 6.76. The molecular weight excluding hydrogens is 372 g/mol. The predicted octanol–water partition coefficient (Wildman–Crippen LogP) is 3.92. The smallest absolute Gasteiger partial charge is 0.334 e. The maximum atomic E-state index is 12.5. The average Bonchev–Trinajstić information content (AvgIpc) is 2.58. The fourth-order valence-corrected chi connectivity index (χ4v) is 2.64. The molecule has 0 spiro atoms. The zero-order valence-electron chi connectivity index (χ0n) is 15.1. The van der Waals surface area contributed by atoms with Crippen molar-refractivity contribution >= 4 is 29.2 Å². The molecule has 1 unspecified atom stereocenters. The quantitative estimate of drug-likeness (QED) is 0.349. The van der Waals surface area contributed by atoms with Crippen molar-refractivity contribution in [2.24, 2.45) is 5.92 Å². The number of amides is 1. The van der Waals surface area contributed by atoms with Gasteiger partial charge in [-0.15, -0.1) is 0 Å². The SMILES string of the molecule is Cc1cccc(OC(=O)C(NC(=O)c2ccc([N+](=O)[O-])cc2Cl)C(C)C)c1. The number of nitro benzene ring substituents is 1. The molecule has 2 rings (SSSR count). The van der Waals surface area contributed by atoms with Crippen LogP contribution in [0.4, 0.5) is 5.69 Å². The van der Waals surface area contributed by atoms with Crippen LogP contribution in [-0.2, 0) is 4.79 Å². The van der Waals surface area contributed by atoms with Gasteiger partial charge in [0.15, 0.2) is 0 Å². The molecule has 0 bridgehead atoms. The number of hydrogen-bond donors (Lipinski definition) is 1. The summed E-state index contributed by atoms with van der Waals surface area (Å²) in [6, 6.07) is 9.60. The molecule has 7 nitrogen and oxygen atoms in total. The molecule has 1 N–H and O–H groups in total. The van der Waals surface area contributed by atoms with E-state index in [0.29, 0.717) is 5.75 Å². The highest BCUT2D eigenvalue weighted by molar-refractivity contribution is 6.34. The summed E-state index contributed by atoms with van der Waals surface area (Å²) in [6.07, 6.45) is 0. The van der Waals surface area contributed by atoms with Crippen molar-refractivity contribution in [2.75, 3.05) is 0 Å². The molecule has 2 aromatic carbocycles. The van der Waals surface area contributed by atoms with Gasteiger partial charge in [-0.3, -0.25) is 14.9 Å². The lowest BCUT2D eigenvalue weighted by Crippen LogP contribution is -2.46. The lowest BCUT2D eigenvalue weighted by atomic mass is 10.0. The van der Waals surface area contributed by atoms with E-state index >= 15 is 0 Å². The van der Waals surface area contributed by atoms with Crippen LogP contribution in [0.15, 0.2) is 42.5 Å². The van der Waals surface area contributed by atoms with Crippen molar-refractivity contribution < 1.29 is 19.2 Å². The molecule has 2 aromatic rings. The van der Waals surface area contributed by atoms with Crippen LogP contribution in [0, 0.1) is 23.0 Å². The van der Waals surface area contributed by atoms with Crippen molar-refractivity contribution in [3.63, 3.8) is 0 Å². The number of non-ortho nitro benzene ring substituents is 1. The van der Waals surface area contributed by atoms with Crippen molar-refractivity contribution in [2.45, 2.75) is 26.8 Å². The normalized spacial score (nSPS) is 11.7. The number of nitrogens with one attached hydrogen (secondary N) is 1. The van der Waals surface area contributed by atoms with E-state index in [0.717, 1.165) is 11.6 Å². The molecule has 27 heavy (non-hydrogen) atoms. The minimum absolute atomic E-state index is 0.0382. The summed E-state index contributed by atoms with van der Waals surface area (Å²) >= 11 is 5.98. The molecular formula is C19H19ClN2O5. The molecule has 8 heteroatoms. The molecule has 1 atom stereocenters. The summed E-state index contributed by atoms with van der Waals surface area (Å²) in [7, 11) is 0. The molecule has 0 aliphatic rings. The Bertz CT molecular complexity index is 882. The fraction of sp³-hybridized carbons (Fsp3) is 0.263. The Morgan fingerprint density at radius 3 is 2.44 bits per heavy atom. The van der Waals surface area contributed by atoms with E-state index in [9.17, 15) is 19.7 Å². The molecule has 1 amide bonds. The van der Waals surface area contributed by atoms with Crippen molar-refractivity contribution in [1.29, 1.82) is 0 Å². The van der Waals surface area contributed by atoms with E-state index in [1.54, 1.807) is 32.0 Å². The van der Waals surface area contributed by atoms with E-state index in [1.165, 1.54) is 12.1 Å². The summed E-state index contributed by atoms with van der Waals surface area (Å²) in [5.41, 5.74) is 0.746. The van der Waals surface area contributed by atoms with Gasteiger partial charge in [0.2, 0.25) is 0 Å². The first kappa shape index (κ1) is 20.4. The van der Waals surface area contributed by atoms with Crippen LogP contribution in [0.2, 0.25) is 5.02 Å². The molecule has 0 radical (unpaired) electrons. The average molecular weight is 391 g/mol. The van der Waals surface area contributed by atoms with Crippen molar-refractivity contribution in [1.82, 2.24) is 5.32 Å². The van der Waals surface area contributed by atoms with Gasteiger partial charge in [0.25, 0.3) is 11.6 Å². The lowest BCUT2D eigenvalue weighted by Gasteiger charge is -2.21. The minimum atomic E-state index is -0.913. The molecule has 0 saturated carbocycles. The number of nitro groups is 1. The molecule has 142 valence electrons. The molecule has 0 fully saturated rings. The first-order chi connectivity index (χ1) is 12.7. The van der Waals surface area contributed by atoms with Gasteiger partial charge < -0.3 is 10.1 Å². The Morgan fingerprint density at radius 1 is 1.19 bits per heavy atom. The van der Waals surface area contributed by atoms with Gasteiger partial charge in [0.1, 0.15) is 11.8 Å². The summed E-state index contributed by atoms with van der Waals surface area (Å²) in [6.45, 7) is 5.40. The fourth-order valence-electron chi connectivity index (χ4n) is 2.38. The number of hydrogen-bond acceptors (Lipinski definition) is 5. The van der Waals surface area contributed by atoms with Gasteiger partial charge in [-0.2, -0.15) is 0 Å². The number of carbonyl (C=O) groups excluding carboxylic acids is 2. The third kappa shape index (κ3) is 5.27. The minimum Gasteiger partial charge on any atom is -0.425 e. The van der Waals surface area contributed by atoms with Crippen LogP contribution in [-0.4, -0.2) is 22.8 Å². The maximum Gasteiger partial charge on any atom is 0.334 e. The highest BCUT2D eigenvalue weighted by Crippen LogP contribution is 2.23. The Balaban J connectivity index is 2.16. The van der Waals surface area contributed by atoms with Crippen LogP contribution < -0.4 is 10.1 Å². The van der Waals surface area contributed by atoms with Crippen LogP contribution >= 0.6 is 11.6 Å². The Kier molecular flexibility index (Phi) is 6.52. The summed E-state index contributed by atoms with van der Waals surface area (Å²) in [5.74, 6) is -1.09. The van der Waals surface area contributed by atoms with Gasteiger partial charge >= 0.3 is 5.97 Å². The van der Waals surface area contributed by atoms with Crippen LogP contribution in [0.3, 0.4) is 0 Å². The van der Waals surface area contributed by atoms with Crippen LogP contribution in [0.5, 0.6) is 5.75 Å². The van der Waals surface area contributed by atoms with Crippen molar-refractivity contribution in [3.05, 3.63) is 68.7 Å². The first-order valence-corrected chi connectivity index (χ1v) is 8.60. The Labute approximate surface area is 161 Å². The largest absolute Gasteiger partial charge is 0.425 e. The number of halogens is 1. The predicted molar refractivity (Wildman–Crippen MR) is 101 cm³/mol. The summed E-state index contributed by atoms with van der Waals surface area (Å²) in [4.78, 5) is 35.2. The van der Waals surface area contributed by atoms with Crippen LogP contribution in [0.1, 0.15) is 29.8 Å². The third-order valence-electron chi connectivity index (χ3n) is 3.82. The van der Waals surface area contributed by atoms with E-state index in [2.05, 4.69) is 5.32 Å². The monoisotopic (exact) mass is 390 g/mol. The highest BCUT2D eigenvalue weighted by Gasteiger charge is 2.27. The number of ether oxygens (including phenoxy) is 1.